The van der Waals surface area contributed by atoms with Crippen molar-refractivity contribution in [2.45, 2.75) is 19.9 Å². The quantitative estimate of drug-likeness (QED) is 0.554. The second-order valence-corrected chi connectivity index (χ2v) is 7.39. The van der Waals surface area contributed by atoms with Crippen molar-refractivity contribution in [1.29, 1.82) is 0 Å². The molecule has 0 unspecified atom stereocenters. The number of aromatic nitrogens is 2. The largest absolute Gasteiger partial charge is 0.366 e. The number of carbonyl (C=O) groups is 2. The normalized spacial score (nSPS) is 11.7. The second-order valence-electron chi connectivity index (χ2n) is 6.54. The van der Waals surface area contributed by atoms with Gasteiger partial charge in [0.1, 0.15) is 0 Å². The molecule has 150 valence electrons. The van der Waals surface area contributed by atoms with Crippen molar-refractivity contribution in [2.75, 3.05) is 5.32 Å². The maximum atomic E-state index is 12.6. The van der Waals surface area contributed by atoms with Crippen LogP contribution >= 0.6 is 23.2 Å². The molecular weight excluding hydrogens is 413 g/mol. The molecule has 2 aromatic carbocycles. The van der Waals surface area contributed by atoms with Crippen molar-refractivity contribution >= 4 is 40.8 Å². The fourth-order valence-corrected chi connectivity index (χ4v) is 3.39. The summed E-state index contributed by atoms with van der Waals surface area (Å²) in [6.45, 7) is 3.70. The number of hydrogen-bond donors (Lipinski definition) is 3. The number of aryl methyl sites for hydroxylation is 1. The molecule has 0 spiro atoms. The number of urea groups is 1. The van der Waals surface area contributed by atoms with Crippen LogP contribution in [-0.4, -0.2) is 21.7 Å². The summed E-state index contributed by atoms with van der Waals surface area (Å²) in [6.07, 6.45) is 3.49. The van der Waals surface area contributed by atoms with Crippen LogP contribution in [0.2, 0.25) is 10.0 Å². The minimum Gasteiger partial charge on any atom is -0.366 e. The summed E-state index contributed by atoms with van der Waals surface area (Å²) in [4.78, 5) is 24.2. The predicted octanol–water partition coefficient (Wildman–Crippen LogP) is 4.47. The van der Waals surface area contributed by atoms with Crippen molar-refractivity contribution in [3.8, 4) is 5.69 Å². The molecule has 1 atom stereocenters. The molecule has 0 saturated carbocycles. The summed E-state index contributed by atoms with van der Waals surface area (Å²) in [5.41, 5.74) is 8.29. The molecule has 0 aliphatic carbocycles. The summed E-state index contributed by atoms with van der Waals surface area (Å²) in [7, 11) is 0. The first kappa shape index (κ1) is 20.7. The highest BCUT2D eigenvalue weighted by molar-refractivity contribution is 6.35. The molecule has 0 aliphatic heterocycles. The summed E-state index contributed by atoms with van der Waals surface area (Å²) in [6, 6.07) is 8.96. The first-order valence-electron chi connectivity index (χ1n) is 8.72. The van der Waals surface area contributed by atoms with Crippen molar-refractivity contribution in [1.82, 2.24) is 15.1 Å². The van der Waals surface area contributed by atoms with E-state index in [1.165, 1.54) is 6.07 Å². The number of nitrogens with zero attached hydrogens (tertiary/aromatic N) is 2. The van der Waals surface area contributed by atoms with E-state index in [0.29, 0.717) is 21.4 Å². The minimum atomic E-state index is -0.599. The predicted molar refractivity (Wildman–Crippen MR) is 114 cm³/mol. The Morgan fingerprint density at radius 1 is 1.17 bits per heavy atom. The van der Waals surface area contributed by atoms with Crippen LogP contribution in [0.5, 0.6) is 0 Å². The summed E-state index contributed by atoms with van der Waals surface area (Å²) in [5, 5.41) is 10.8. The Bertz CT molecular complexity index is 1080. The van der Waals surface area contributed by atoms with E-state index in [9.17, 15) is 9.59 Å². The number of benzene rings is 2. The van der Waals surface area contributed by atoms with Crippen LogP contribution in [0.25, 0.3) is 5.69 Å². The molecular formula is C20H19Cl2N5O2. The van der Waals surface area contributed by atoms with Crippen LogP contribution in [-0.2, 0) is 0 Å². The van der Waals surface area contributed by atoms with E-state index < -0.39 is 11.9 Å². The van der Waals surface area contributed by atoms with Crippen molar-refractivity contribution in [3.05, 3.63) is 75.5 Å². The molecule has 0 saturated heterocycles. The molecule has 3 rings (SSSR count). The number of amides is 3. The standard InChI is InChI=1S/C20H19Cl2N5O2/c1-11-9-24-27(10-11)18-6-3-13(19(23)28)7-17(18)26-20(29)25-12(2)15-5-4-14(21)8-16(15)22/h3-10,12H,1-2H3,(H2,23,28)(H2,25,26,29)/t12-/m0/s1. The average Bonchev–Trinajstić information content (AvgIpc) is 3.07. The highest BCUT2D eigenvalue weighted by Gasteiger charge is 2.16. The van der Waals surface area contributed by atoms with Gasteiger partial charge in [0, 0.05) is 21.8 Å². The zero-order chi connectivity index (χ0) is 21.1. The van der Waals surface area contributed by atoms with Gasteiger partial charge < -0.3 is 16.4 Å². The molecule has 9 heteroatoms. The van der Waals surface area contributed by atoms with Crippen LogP contribution < -0.4 is 16.4 Å². The summed E-state index contributed by atoms with van der Waals surface area (Å²) in [5.74, 6) is -0.599. The van der Waals surface area contributed by atoms with Gasteiger partial charge in [-0.25, -0.2) is 9.48 Å². The minimum absolute atomic E-state index is 0.265. The van der Waals surface area contributed by atoms with Crippen LogP contribution in [0.15, 0.2) is 48.8 Å². The average molecular weight is 432 g/mol. The Morgan fingerprint density at radius 3 is 2.55 bits per heavy atom. The van der Waals surface area contributed by atoms with Gasteiger partial charge in [0.25, 0.3) is 0 Å². The monoisotopic (exact) mass is 431 g/mol. The third-order valence-electron chi connectivity index (χ3n) is 4.26. The Hall–Kier alpha value is -3.03. The van der Waals surface area contributed by atoms with Crippen LogP contribution in [0, 0.1) is 6.92 Å². The Morgan fingerprint density at radius 2 is 1.93 bits per heavy atom. The fraction of sp³-hybridized carbons (Fsp3) is 0.150. The molecule has 0 radical (unpaired) electrons. The molecule has 7 nitrogen and oxygen atoms in total. The maximum absolute atomic E-state index is 12.6. The van der Waals surface area contributed by atoms with Crippen LogP contribution in [0.1, 0.15) is 34.5 Å². The Balaban J connectivity index is 1.84. The molecule has 0 bridgehead atoms. The lowest BCUT2D eigenvalue weighted by molar-refractivity contribution is 0.1000. The van der Waals surface area contributed by atoms with E-state index in [2.05, 4.69) is 15.7 Å². The second kappa shape index (κ2) is 8.55. The number of primary amides is 1. The zero-order valence-corrected chi connectivity index (χ0v) is 17.3. The van der Waals surface area contributed by atoms with E-state index in [1.54, 1.807) is 54.3 Å². The molecule has 0 fully saturated rings. The van der Waals surface area contributed by atoms with Gasteiger partial charge in [-0.3, -0.25) is 4.79 Å². The highest BCUT2D eigenvalue weighted by Crippen LogP contribution is 2.27. The van der Waals surface area contributed by atoms with Gasteiger partial charge in [-0.2, -0.15) is 5.10 Å². The topological polar surface area (TPSA) is 102 Å². The van der Waals surface area contributed by atoms with E-state index in [4.69, 9.17) is 28.9 Å². The van der Waals surface area contributed by atoms with Crippen molar-refractivity contribution in [2.24, 2.45) is 5.73 Å². The first-order chi connectivity index (χ1) is 13.7. The van der Waals surface area contributed by atoms with Crippen molar-refractivity contribution < 1.29 is 9.59 Å². The van der Waals surface area contributed by atoms with E-state index in [-0.39, 0.29) is 11.6 Å². The lowest BCUT2D eigenvalue weighted by Gasteiger charge is -2.18. The van der Waals surface area contributed by atoms with E-state index >= 15 is 0 Å². The fourth-order valence-electron chi connectivity index (χ4n) is 2.82. The van der Waals surface area contributed by atoms with Gasteiger partial charge in [-0.15, -0.1) is 0 Å². The van der Waals surface area contributed by atoms with Gasteiger partial charge in [-0.1, -0.05) is 29.3 Å². The van der Waals surface area contributed by atoms with Crippen LogP contribution in [0.4, 0.5) is 10.5 Å². The van der Waals surface area contributed by atoms with E-state index in [1.807, 2.05) is 6.92 Å². The lowest BCUT2D eigenvalue weighted by atomic mass is 10.1. The summed E-state index contributed by atoms with van der Waals surface area (Å²) >= 11 is 12.1. The number of hydrogen-bond acceptors (Lipinski definition) is 3. The van der Waals surface area contributed by atoms with Gasteiger partial charge in [0.2, 0.25) is 5.91 Å². The number of carbonyl (C=O) groups excluding carboxylic acids is 2. The van der Waals surface area contributed by atoms with Crippen molar-refractivity contribution in [3.63, 3.8) is 0 Å². The highest BCUT2D eigenvalue weighted by atomic mass is 35.5. The number of nitrogens with two attached hydrogens (primary N) is 1. The van der Waals surface area contributed by atoms with Gasteiger partial charge in [0.05, 0.1) is 23.6 Å². The lowest BCUT2D eigenvalue weighted by Crippen LogP contribution is -2.31. The molecule has 29 heavy (non-hydrogen) atoms. The number of rotatable bonds is 5. The zero-order valence-electron chi connectivity index (χ0n) is 15.7. The first-order valence-corrected chi connectivity index (χ1v) is 9.48. The van der Waals surface area contributed by atoms with Crippen LogP contribution in [0.3, 0.4) is 0 Å². The molecule has 0 aliphatic rings. The smallest absolute Gasteiger partial charge is 0.319 e. The van der Waals surface area contributed by atoms with Gasteiger partial charge in [-0.05, 0) is 55.3 Å². The number of nitrogens with one attached hydrogen (secondary N) is 2. The van der Waals surface area contributed by atoms with E-state index in [0.717, 1.165) is 11.1 Å². The number of anilines is 1. The Kier molecular flexibility index (Phi) is 6.10. The number of halogens is 2. The molecule has 3 aromatic rings. The summed E-state index contributed by atoms with van der Waals surface area (Å²) < 4.78 is 1.61. The molecule has 1 heterocycles. The third-order valence-corrected chi connectivity index (χ3v) is 4.83. The Labute approximate surface area is 177 Å². The SMILES string of the molecule is Cc1cnn(-c2ccc(C(N)=O)cc2NC(=O)N[C@@H](C)c2ccc(Cl)cc2Cl)c1. The maximum Gasteiger partial charge on any atom is 0.319 e. The van der Waals surface area contributed by atoms with Gasteiger partial charge in [0.15, 0.2) is 0 Å². The molecule has 3 amide bonds. The molecule has 4 N–H and O–H groups in total. The van der Waals surface area contributed by atoms with Gasteiger partial charge >= 0.3 is 6.03 Å². The third kappa shape index (κ3) is 4.88. The molecule has 1 aromatic heterocycles.